The molecular formula is C11H12F3N3O3. The Hall–Kier alpha value is -2.06. The van der Waals surface area contributed by atoms with Crippen molar-refractivity contribution in [1.82, 2.24) is 15.1 Å². The van der Waals surface area contributed by atoms with Gasteiger partial charge >= 0.3 is 18.1 Å². The van der Waals surface area contributed by atoms with Crippen molar-refractivity contribution in [2.75, 3.05) is 13.1 Å². The zero-order valence-electron chi connectivity index (χ0n) is 10.3. The van der Waals surface area contributed by atoms with E-state index in [1.807, 2.05) is 0 Å². The maximum absolute atomic E-state index is 12.3. The highest BCUT2D eigenvalue weighted by atomic mass is 19.4. The van der Waals surface area contributed by atoms with Crippen molar-refractivity contribution in [2.24, 2.45) is 0 Å². The number of carboxylic acid groups (broad SMARTS) is 1. The Labute approximate surface area is 111 Å². The van der Waals surface area contributed by atoms with Crippen molar-refractivity contribution < 1.29 is 27.9 Å². The van der Waals surface area contributed by atoms with Crippen molar-refractivity contribution in [3.63, 3.8) is 0 Å². The first-order valence-corrected chi connectivity index (χ1v) is 5.93. The Bertz CT molecular complexity index is 518. The molecule has 20 heavy (non-hydrogen) atoms. The number of alkyl halides is 3. The monoisotopic (exact) mass is 291 g/mol. The summed E-state index contributed by atoms with van der Waals surface area (Å²) in [5.74, 6) is -3.22. The highest BCUT2D eigenvalue weighted by molar-refractivity contribution is 5.88. The molecule has 1 aromatic heterocycles. The van der Waals surface area contributed by atoms with E-state index in [9.17, 15) is 22.8 Å². The zero-order valence-corrected chi connectivity index (χ0v) is 10.3. The molecule has 1 aromatic rings. The van der Waals surface area contributed by atoms with Crippen LogP contribution in [0.2, 0.25) is 0 Å². The minimum Gasteiger partial charge on any atom is -0.478 e. The van der Waals surface area contributed by atoms with Crippen LogP contribution in [0.3, 0.4) is 0 Å². The molecule has 2 heterocycles. The normalized spacial score (nSPS) is 17.2. The van der Waals surface area contributed by atoms with E-state index >= 15 is 0 Å². The highest BCUT2D eigenvalue weighted by Gasteiger charge is 2.43. The number of H-pyrrole nitrogens is 1. The predicted octanol–water partition coefficient (Wildman–Crippen LogP) is 1.38. The lowest BCUT2D eigenvalue weighted by atomic mass is 9.91. The molecule has 1 aliphatic rings. The van der Waals surface area contributed by atoms with E-state index in [2.05, 4.69) is 10.2 Å². The second-order valence-corrected chi connectivity index (χ2v) is 4.57. The van der Waals surface area contributed by atoms with Crippen LogP contribution in [0, 0.1) is 0 Å². The van der Waals surface area contributed by atoms with Gasteiger partial charge in [0.15, 0.2) is 0 Å². The third-order valence-electron chi connectivity index (χ3n) is 3.33. The van der Waals surface area contributed by atoms with Gasteiger partial charge in [0, 0.05) is 19.0 Å². The number of carbonyl (C=O) groups is 2. The number of hydrogen-bond acceptors (Lipinski definition) is 3. The maximum atomic E-state index is 12.3. The second kappa shape index (κ2) is 5.14. The molecule has 0 saturated carbocycles. The van der Waals surface area contributed by atoms with Crippen LogP contribution in [-0.2, 0) is 4.79 Å². The summed E-state index contributed by atoms with van der Waals surface area (Å²) in [6, 6.07) is 0. The average Bonchev–Trinajstić information content (AvgIpc) is 2.86. The minimum absolute atomic E-state index is 0.0191. The molecule has 0 spiro atoms. The Kier molecular flexibility index (Phi) is 3.69. The number of halogens is 3. The van der Waals surface area contributed by atoms with Gasteiger partial charge in [-0.25, -0.2) is 4.79 Å². The summed E-state index contributed by atoms with van der Waals surface area (Å²) in [6.07, 6.45) is -3.16. The van der Waals surface area contributed by atoms with Gasteiger partial charge in [0.1, 0.15) is 5.56 Å². The number of nitrogens with one attached hydrogen (secondary N) is 1. The van der Waals surface area contributed by atoms with E-state index in [0.717, 1.165) is 4.90 Å². The number of rotatable bonds is 2. The van der Waals surface area contributed by atoms with Gasteiger partial charge in [-0.05, 0) is 12.8 Å². The third-order valence-corrected chi connectivity index (χ3v) is 3.33. The van der Waals surface area contributed by atoms with Crippen molar-refractivity contribution in [1.29, 1.82) is 0 Å². The number of carboxylic acids is 1. The molecular weight excluding hydrogens is 279 g/mol. The number of likely N-dealkylation sites (tertiary alicyclic amines) is 1. The quantitative estimate of drug-likeness (QED) is 0.861. The summed E-state index contributed by atoms with van der Waals surface area (Å²) in [6.45, 7) is -0.109. The van der Waals surface area contributed by atoms with Crippen LogP contribution in [-0.4, -0.2) is 51.3 Å². The molecule has 1 amide bonds. The molecule has 110 valence electrons. The smallest absolute Gasteiger partial charge is 0.471 e. The molecule has 0 radical (unpaired) electrons. The van der Waals surface area contributed by atoms with E-state index in [1.54, 1.807) is 0 Å². The van der Waals surface area contributed by atoms with Gasteiger partial charge in [-0.2, -0.15) is 18.3 Å². The Balaban J connectivity index is 2.03. The molecule has 6 nitrogen and oxygen atoms in total. The number of piperidine rings is 1. The van der Waals surface area contributed by atoms with Crippen LogP contribution in [0.15, 0.2) is 6.20 Å². The van der Waals surface area contributed by atoms with Crippen molar-refractivity contribution >= 4 is 11.9 Å². The Morgan fingerprint density at radius 1 is 1.35 bits per heavy atom. The Morgan fingerprint density at radius 2 is 1.95 bits per heavy atom. The lowest BCUT2D eigenvalue weighted by molar-refractivity contribution is -0.186. The molecule has 1 aliphatic heterocycles. The van der Waals surface area contributed by atoms with E-state index in [4.69, 9.17) is 5.11 Å². The first-order chi connectivity index (χ1) is 9.30. The maximum Gasteiger partial charge on any atom is 0.471 e. The average molecular weight is 291 g/mol. The largest absolute Gasteiger partial charge is 0.478 e. The second-order valence-electron chi connectivity index (χ2n) is 4.57. The summed E-state index contributed by atoms with van der Waals surface area (Å²) < 4.78 is 36.9. The summed E-state index contributed by atoms with van der Waals surface area (Å²) >= 11 is 0. The number of amides is 1. The van der Waals surface area contributed by atoms with Crippen LogP contribution in [0.1, 0.15) is 34.8 Å². The first kappa shape index (κ1) is 14.4. The lowest BCUT2D eigenvalue weighted by Crippen LogP contribution is -2.45. The van der Waals surface area contributed by atoms with Gasteiger partial charge in [0.2, 0.25) is 0 Å². The van der Waals surface area contributed by atoms with Gasteiger partial charge in [0.05, 0.1) is 11.9 Å². The number of nitrogens with zero attached hydrogens (tertiary/aromatic N) is 2. The summed E-state index contributed by atoms with van der Waals surface area (Å²) in [7, 11) is 0. The number of aromatic amines is 1. The van der Waals surface area contributed by atoms with Crippen molar-refractivity contribution in [3.05, 3.63) is 17.5 Å². The lowest BCUT2D eigenvalue weighted by Gasteiger charge is -2.32. The van der Waals surface area contributed by atoms with E-state index in [-0.39, 0.29) is 37.4 Å². The molecule has 1 fully saturated rings. The molecule has 0 bridgehead atoms. The molecule has 0 aromatic carbocycles. The van der Waals surface area contributed by atoms with E-state index < -0.39 is 18.1 Å². The fourth-order valence-corrected chi connectivity index (χ4v) is 2.33. The molecule has 9 heteroatoms. The van der Waals surface area contributed by atoms with Crippen LogP contribution in [0.25, 0.3) is 0 Å². The molecule has 2 rings (SSSR count). The molecule has 0 atom stereocenters. The van der Waals surface area contributed by atoms with Crippen LogP contribution >= 0.6 is 0 Å². The van der Waals surface area contributed by atoms with Crippen molar-refractivity contribution in [2.45, 2.75) is 24.9 Å². The van der Waals surface area contributed by atoms with Crippen LogP contribution in [0.5, 0.6) is 0 Å². The van der Waals surface area contributed by atoms with Gasteiger partial charge in [-0.1, -0.05) is 0 Å². The Morgan fingerprint density at radius 3 is 2.45 bits per heavy atom. The number of aromatic carboxylic acids is 1. The van der Waals surface area contributed by atoms with Gasteiger partial charge in [-0.3, -0.25) is 9.89 Å². The number of carbonyl (C=O) groups excluding carboxylic acids is 1. The van der Waals surface area contributed by atoms with E-state index in [1.165, 1.54) is 6.20 Å². The summed E-state index contributed by atoms with van der Waals surface area (Å²) in [5.41, 5.74) is 0.419. The summed E-state index contributed by atoms with van der Waals surface area (Å²) in [5, 5.41) is 15.2. The third kappa shape index (κ3) is 2.75. The first-order valence-electron chi connectivity index (χ1n) is 5.93. The standard InChI is InChI=1S/C11H12F3N3O3/c12-11(13,14)10(20)17-3-1-6(2-4-17)8-7(9(18)19)5-15-16-8/h5-6H,1-4H2,(H,15,16)(H,18,19). The number of aromatic nitrogens is 2. The van der Waals surface area contributed by atoms with Crippen LogP contribution in [0.4, 0.5) is 13.2 Å². The minimum atomic E-state index is -4.87. The molecule has 0 unspecified atom stereocenters. The molecule has 2 N–H and O–H groups in total. The molecule has 1 saturated heterocycles. The topological polar surface area (TPSA) is 86.3 Å². The molecule has 0 aliphatic carbocycles. The zero-order chi connectivity index (χ0) is 14.9. The highest BCUT2D eigenvalue weighted by Crippen LogP contribution is 2.30. The fraction of sp³-hybridized carbons (Fsp3) is 0.545. The van der Waals surface area contributed by atoms with Gasteiger partial charge in [0.25, 0.3) is 0 Å². The van der Waals surface area contributed by atoms with Gasteiger partial charge in [-0.15, -0.1) is 0 Å². The fourth-order valence-electron chi connectivity index (χ4n) is 2.33. The number of hydrogen-bond donors (Lipinski definition) is 2. The van der Waals surface area contributed by atoms with Gasteiger partial charge < -0.3 is 10.0 Å². The SMILES string of the molecule is O=C(O)c1cn[nH]c1C1CCN(C(=O)C(F)(F)F)CC1. The summed E-state index contributed by atoms with van der Waals surface area (Å²) in [4.78, 5) is 22.8. The van der Waals surface area contributed by atoms with E-state index in [0.29, 0.717) is 5.69 Å². The van der Waals surface area contributed by atoms with Crippen LogP contribution < -0.4 is 0 Å². The predicted molar refractivity (Wildman–Crippen MR) is 60.2 cm³/mol. The van der Waals surface area contributed by atoms with Crippen molar-refractivity contribution in [3.8, 4) is 0 Å².